The molecule has 31 heavy (non-hydrogen) atoms. The van der Waals surface area contributed by atoms with Crippen LogP contribution in [0, 0.1) is 0 Å². The first kappa shape index (κ1) is 20.1. The average molecular weight is 413 g/mol. The molecule has 0 aliphatic heterocycles. The molecule has 154 valence electrons. The summed E-state index contributed by atoms with van der Waals surface area (Å²) < 4.78 is 10.8. The smallest absolute Gasteiger partial charge is 0.355 e. The van der Waals surface area contributed by atoms with E-state index >= 15 is 0 Å². The Balaban J connectivity index is 1.68. The van der Waals surface area contributed by atoms with Gasteiger partial charge in [-0.1, -0.05) is 60.7 Å². The standard InChI is InChI=1S/C25H19NO5/c1-16(27)26-21(13-17-7-3-2-4-8-17)25(29)30-15-19-14-23(28)31-22-12-11-18-9-5-6-10-20(18)24(19)22/h2-14H,15H2,1H3,(H,26,27)/b21-13-. The van der Waals surface area contributed by atoms with E-state index < -0.39 is 17.5 Å². The highest BCUT2D eigenvalue weighted by Crippen LogP contribution is 2.27. The third-order valence-electron chi connectivity index (χ3n) is 4.71. The molecule has 0 bridgehead atoms. The van der Waals surface area contributed by atoms with Crippen molar-refractivity contribution < 1.29 is 18.7 Å². The highest BCUT2D eigenvalue weighted by Gasteiger charge is 2.16. The van der Waals surface area contributed by atoms with Gasteiger partial charge in [0.25, 0.3) is 0 Å². The fourth-order valence-corrected chi connectivity index (χ4v) is 3.41. The third kappa shape index (κ3) is 4.53. The number of carbonyl (C=O) groups is 2. The van der Waals surface area contributed by atoms with Crippen molar-refractivity contribution in [2.24, 2.45) is 0 Å². The zero-order valence-electron chi connectivity index (χ0n) is 16.8. The number of ether oxygens (including phenoxy) is 1. The summed E-state index contributed by atoms with van der Waals surface area (Å²) in [6, 6.07) is 21.7. The van der Waals surface area contributed by atoms with Gasteiger partial charge in [-0.05, 0) is 28.5 Å². The molecule has 1 amide bonds. The molecule has 0 radical (unpaired) electrons. The van der Waals surface area contributed by atoms with Gasteiger partial charge in [0.1, 0.15) is 17.9 Å². The third-order valence-corrected chi connectivity index (χ3v) is 4.71. The van der Waals surface area contributed by atoms with Crippen molar-refractivity contribution in [3.05, 3.63) is 100 Å². The van der Waals surface area contributed by atoms with E-state index in [0.29, 0.717) is 16.5 Å². The molecule has 3 aromatic carbocycles. The molecule has 0 unspecified atom stereocenters. The zero-order chi connectivity index (χ0) is 21.8. The minimum atomic E-state index is -0.708. The van der Waals surface area contributed by atoms with Crippen LogP contribution in [-0.4, -0.2) is 11.9 Å². The summed E-state index contributed by atoms with van der Waals surface area (Å²) in [5.41, 5.74) is 1.16. The summed E-state index contributed by atoms with van der Waals surface area (Å²) in [6.07, 6.45) is 1.54. The SMILES string of the molecule is CC(=O)N/C(=C\c1ccccc1)C(=O)OCc1cc(=O)oc2ccc3ccccc3c12. The number of fused-ring (bicyclic) bond motifs is 3. The van der Waals surface area contributed by atoms with Crippen molar-refractivity contribution in [3.8, 4) is 0 Å². The van der Waals surface area contributed by atoms with Crippen LogP contribution in [0.5, 0.6) is 0 Å². The summed E-state index contributed by atoms with van der Waals surface area (Å²) in [4.78, 5) is 36.3. The van der Waals surface area contributed by atoms with Gasteiger partial charge >= 0.3 is 11.6 Å². The fourth-order valence-electron chi connectivity index (χ4n) is 3.41. The Morgan fingerprint density at radius 1 is 1.00 bits per heavy atom. The van der Waals surface area contributed by atoms with Crippen molar-refractivity contribution >= 4 is 39.7 Å². The van der Waals surface area contributed by atoms with Gasteiger partial charge in [-0.25, -0.2) is 9.59 Å². The van der Waals surface area contributed by atoms with Crippen molar-refractivity contribution in [2.75, 3.05) is 0 Å². The number of esters is 1. The van der Waals surface area contributed by atoms with Gasteiger partial charge in [-0.2, -0.15) is 0 Å². The predicted molar refractivity (Wildman–Crippen MR) is 118 cm³/mol. The largest absolute Gasteiger partial charge is 0.456 e. The number of rotatable bonds is 5. The average Bonchev–Trinajstić information content (AvgIpc) is 2.76. The monoisotopic (exact) mass is 413 g/mol. The fraction of sp³-hybridized carbons (Fsp3) is 0.0800. The molecule has 0 aliphatic carbocycles. The lowest BCUT2D eigenvalue weighted by Gasteiger charge is -2.11. The summed E-state index contributed by atoms with van der Waals surface area (Å²) in [5.74, 6) is -1.10. The van der Waals surface area contributed by atoms with E-state index in [9.17, 15) is 14.4 Å². The summed E-state index contributed by atoms with van der Waals surface area (Å²) in [7, 11) is 0. The molecular formula is C25H19NO5. The van der Waals surface area contributed by atoms with Crippen LogP contribution in [0.2, 0.25) is 0 Å². The number of amides is 1. The molecule has 0 spiro atoms. The lowest BCUT2D eigenvalue weighted by molar-refractivity contribution is -0.141. The normalized spacial score (nSPS) is 11.5. The van der Waals surface area contributed by atoms with E-state index in [4.69, 9.17) is 9.15 Å². The van der Waals surface area contributed by atoms with Crippen molar-refractivity contribution in [2.45, 2.75) is 13.5 Å². The molecule has 1 N–H and O–H groups in total. The van der Waals surface area contributed by atoms with Gasteiger partial charge in [0.2, 0.25) is 5.91 Å². The van der Waals surface area contributed by atoms with E-state index in [1.165, 1.54) is 19.1 Å². The minimum absolute atomic E-state index is 0.0100. The highest BCUT2D eigenvalue weighted by molar-refractivity contribution is 6.07. The van der Waals surface area contributed by atoms with Crippen LogP contribution in [0.1, 0.15) is 18.1 Å². The summed E-state index contributed by atoms with van der Waals surface area (Å²) >= 11 is 0. The Morgan fingerprint density at radius 2 is 1.74 bits per heavy atom. The lowest BCUT2D eigenvalue weighted by Crippen LogP contribution is -2.26. The van der Waals surface area contributed by atoms with Crippen LogP contribution in [0.25, 0.3) is 27.8 Å². The summed E-state index contributed by atoms with van der Waals surface area (Å²) in [6.45, 7) is 1.16. The molecule has 4 aromatic rings. The Bertz CT molecular complexity index is 1370. The highest BCUT2D eigenvalue weighted by atomic mass is 16.5. The second-order valence-electron chi connectivity index (χ2n) is 6.98. The number of benzene rings is 3. The molecule has 1 aromatic heterocycles. The molecule has 1 heterocycles. The molecule has 0 atom stereocenters. The molecule has 6 nitrogen and oxygen atoms in total. The van der Waals surface area contributed by atoms with E-state index in [2.05, 4.69) is 5.32 Å². The Labute approximate surface area is 177 Å². The van der Waals surface area contributed by atoms with Crippen molar-refractivity contribution in [3.63, 3.8) is 0 Å². The second-order valence-corrected chi connectivity index (χ2v) is 6.98. The van der Waals surface area contributed by atoms with E-state index in [-0.39, 0.29) is 12.3 Å². The van der Waals surface area contributed by atoms with Crippen LogP contribution in [0.15, 0.2) is 87.7 Å². The van der Waals surface area contributed by atoms with Gasteiger partial charge in [-0.3, -0.25) is 4.79 Å². The van der Waals surface area contributed by atoms with Crippen LogP contribution >= 0.6 is 0 Å². The molecule has 0 saturated heterocycles. The maximum Gasteiger partial charge on any atom is 0.355 e. The number of nitrogens with one attached hydrogen (secondary N) is 1. The number of hydrogen-bond acceptors (Lipinski definition) is 5. The molecule has 6 heteroatoms. The van der Waals surface area contributed by atoms with Gasteiger partial charge in [-0.15, -0.1) is 0 Å². The molecular weight excluding hydrogens is 394 g/mol. The first-order chi connectivity index (χ1) is 15.0. The first-order valence-electron chi connectivity index (χ1n) is 9.67. The van der Waals surface area contributed by atoms with Crippen molar-refractivity contribution in [1.82, 2.24) is 5.32 Å². The second kappa shape index (κ2) is 8.67. The van der Waals surface area contributed by atoms with Crippen LogP contribution in [0.4, 0.5) is 0 Å². The number of carbonyl (C=O) groups excluding carboxylic acids is 2. The van der Waals surface area contributed by atoms with E-state index in [1.54, 1.807) is 18.2 Å². The molecule has 0 fully saturated rings. The van der Waals surface area contributed by atoms with Crippen LogP contribution in [-0.2, 0) is 20.9 Å². The lowest BCUT2D eigenvalue weighted by atomic mass is 10.0. The Hall–Kier alpha value is -4.19. The topological polar surface area (TPSA) is 85.6 Å². The number of hydrogen-bond donors (Lipinski definition) is 1. The van der Waals surface area contributed by atoms with E-state index in [1.807, 2.05) is 48.5 Å². The van der Waals surface area contributed by atoms with Gasteiger partial charge < -0.3 is 14.5 Å². The quantitative estimate of drug-likeness (QED) is 0.230. The van der Waals surface area contributed by atoms with Crippen LogP contribution in [0.3, 0.4) is 0 Å². The Kier molecular flexibility index (Phi) is 5.62. The molecule has 0 aliphatic rings. The Morgan fingerprint density at radius 3 is 2.52 bits per heavy atom. The minimum Gasteiger partial charge on any atom is -0.456 e. The first-order valence-corrected chi connectivity index (χ1v) is 9.67. The molecule has 4 rings (SSSR count). The van der Waals surface area contributed by atoms with Gasteiger partial charge in [0.15, 0.2) is 0 Å². The predicted octanol–water partition coefficient (Wildman–Crippen LogP) is 4.17. The maximum atomic E-state index is 12.7. The van der Waals surface area contributed by atoms with E-state index in [0.717, 1.165) is 16.3 Å². The maximum absolute atomic E-state index is 12.7. The van der Waals surface area contributed by atoms with Crippen molar-refractivity contribution in [1.29, 1.82) is 0 Å². The van der Waals surface area contributed by atoms with Crippen LogP contribution < -0.4 is 10.9 Å². The van der Waals surface area contributed by atoms with Gasteiger partial charge in [0.05, 0.1) is 0 Å². The molecule has 0 saturated carbocycles. The zero-order valence-corrected chi connectivity index (χ0v) is 16.8. The van der Waals surface area contributed by atoms with Gasteiger partial charge in [0, 0.05) is 23.9 Å². The summed E-state index contributed by atoms with van der Waals surface area (Å²) in [5, 5.41) is 5.07.